The van der Waals surface area contributed by atoms with E-state index in [1.54, 1.807) is 0 Å². The molecule has 0 saturated carbocycles. The van der Waals surface area contributed by atoms with Crippen molar-refractivity contribution in [2.75, 3.05) is 13.2 Å². The number of rotatable bonds is 6. The van der Waals surface area contributed by atoms with Crippen LogP contribution in [0.1, 0.15) is 51.7 Å². The third-order valence-corrected chi connectivity index (χ3v) is 9.91. The molecule has 0 spiro atoms. The van der Waals surface area contributed by atoms with Gasteiger partial charge in [0.2, 0.25) is 8.32 Å². The summed E-state index contributed by atoms with van der Waals surface area (Å²) in [7, 11) is -1.79. The van der Waals surface area contributed by atoms with Gasteiger partial charge in [-0.3, -0.25) is 0 Å². The molecule has 0 N–H and O–H groups in total. The molecular formula is C20H32O4Si. The molecule has 2 fully saturated rings. The van der Waals surface area contributed by atoms with Crippen molar-refractivity contribution < 1.29 is 18.6 Å². The maximum absolute atomic E-state index is 6.33. The smallest absolute Gasteiger partial charge is 0.250 e. The summed E-state index contributed by atoms with van der Waals surface area (Å²) in [6, 6.07) is 8.37. The molecule has 0 aliphatic carbocycles. The molecule has 25 heavy (non-hydrogen) atoms. The molecule has 140 valence electrons. The first-order valence-corrected chi connectivity index (χ1v) is 12.3. The van der Waals surface area contributed by atoms with Gasteiger partial charge in [0, 0.05) is 6.61 Å². The van der Waals surface area contributed by atoms with Crippen LogP contribution in [0.25, 0.3) is 0 Å². The zero-order valence-corrected chi connectivity index (χ0v) is 17.2. The van der Waals surface area contributed by atoms with Crippen molar-refractivity contribution in [2.24, 2.45) is 0 Å². The van der Waals surface area contributed by atoms with Gasteiger partial charge in [0.1, 0.15) is 18.0 Å². The molecule has 2 aliphatic heterocycles. The Balaban J connectivity index is 1.48. The summed E-state index contributed by atoms with van der Waals surface area (Å²) >= 11 is 0. The quantitative estimate of drug-likeness (QED) is 0.523. The van der Waals surface area contributed by atoms with Crippen molar-refractivity contribution >= 4 is 8.32 Å². The molecule has 1 aromatic rings. The van der Waals surface area contributed by atoms with Gasteiger partial charge >= 0.3 is 0 Å². The summed E-state index contributed by atoms with van der Waals surface area (Å²) in [4.78, 5) is 0. The zero-order chi connectivity index (χ0) is 18.1. The van der Waals surface area contributed by atoms with Gasteiger partial charge in [-0.15, -0.1) is 0 Å². The van der Waals surface area contributed by atoms with Crippen LogP contribution in [0.5, 0.6) is 5.75 Å². The van der Waals surface area contributed by atoms with Gasteiger partial charge in [-0.2, -0.15) is 0 Å². The SMILES string of the molecule is CC(C)(C)[Si](C)(C)Oc1ccc([C@H]2O[C@H]2COC2CCCCO2)cc1. The lowest BCUT2D eigenvalue weighted by atomic mass is 10.1. The van der Waals surface area contributed by atoms with Gasteiger partial charge in [0.15, 0.2) is 6.29 Å². The Morgan fingerprint density at radius 1 is 1.12 bits per heavy atom. The molecule has 2 heterocycles. The highest BCUT2D eigenvalue weighted by molar-refractivity contribution is 6.74. The van der Waals surface area contributed by atoms with E-state index in [0.717, 1.165) is 25.2 Å². The number of hydrogen-bond donors (Lipinski definition) is 0. The monoisotopic (exact) mass is 364 g/mol. The van der Waals surface area contributed by atoms with Crippen molar-refractivity contribution in [3.63, 3.8) is 0 Å². The van der Waals surface area contributed by atoms with Crippen LogP contribution < -0.4 is 4.43 Å². The second-order valence-corrected chi connectivity index (χ2v) is 13.4. The summed E-state index contributed by atoms with van der Waals surface area (Å²) in [6.45, 7) is 12.7. The molecule has 0 aromatic heterocycles. The first kappa shape index (κ1) is 18.9. The van der Waals surface area contributed by atoms with Crippen LogP contribution in [-0.2, 0) is 14.2 Å². The molecule has 3 atom stereocenters. The van der Waals surface area contributed by atoms with Gasteiger partial charge in [0.05, 0.1) is 6.61 Å². The highest BCUT2D eigenvalue weighted by Gasteiger charge is 2.41. The molecule has 3 rings (SSSR count). The molecule has 0 radical (unpaired) electrons. The molecule has 1 aromatic carbocycles. The summed E-state index contributed by atoms with van der Waals surface area (Å²) < 4.78 is 23.5. The van der Waals surface area contributed by atoms with E-state index in [1.165, 1.54) is 12.0 Å². The van der Waals surface area contributed by atoms with Crippen molar-refractivity contribution in [1.29, 1.82) is 0 Å². The Hall–Kier alpha value is -0.883. The Kier molecular flexibility index (Phi) is 5.59. The van der Waals surface area contributed by atoms with E-state index in [0.29, 0.717) is 6.61 Å². The summed E-state index contributed by atoms with van der Waals surface area (Å²) in [5.74, 6) is 0.958. The largest absolute Gasteiger partial charge is 0.544 e. The Bertz CT molecular complexity index is 558. The van der Waals surface area contributed by atoms with E-state index in [-0.39, 0.29) is 23.5 Å². The Labute approximate surface area is 152 Å². The Morgan fingerprint density at radius 2 is 1.84 bits per heavy atom. The van der Waals surface area contributed by atoms with E-state index in [2.05, 4.69) is 58.1 Å². The van der Waals surface area contributed by atoms with Crippen molar-refractivity contribution in [3.8, 4) is 5.75 Å². The summed E-state index contributed by atoms with van der Waals surface area (Å²) in [5.41, 5.74) is 1.20. The summed E-state index contributed by atoms with van der Waals surface area (Å²) in [6.07, 6.45) is 3.58. The normalized spacial score (nSPS) is 27.2. The van der Waals surface area contributed by atoms with Crippen LogP contribution >= 0.6 is 0 Å². The van der Waals surface area contributed by atoms with Crippen LogP contribution in [0.3, 0.4) is 0 Å². The molecular weight excluding hydrogens is 332 g/mol. The standard InChI is InChI=1S/C20H32O4Si/c1-20(2,3)25(4,5)24-16-11-9-15(10-12-16)19-17(23-19)14-22-18-8-6-7-13-21-18/h9-12,17-19H,6-8,13-14H2,1-5H3/t17-,18?,19+/m0/s1. The lowest BCUT2D eigenvalue weighted by molar-refractivity contribution is -0.164. The minimum Gasteiger partial charge on any atom is -0.544 e. The molecule has 0 bridgehead atoms. The zero-order valence-electron chi connectivity index (χ0n) is 16.2. The van der Waals surface area contributed by atoms with Gasteiger partial charge in [-0.05, 0) is 55.1 Å². The second kappa shape index (κ2) is 7.39. The molecule has 2 saturated heterocycles. The fraction of sp³-hybridized carbons (Fsp3) is 0.700. The van der Waals surface area contributed by atoms with Crippen LogP contribution in [0.4, 0.5) is 0 Å². The first-order valence-electron chi connectivity index (χ1n) is 9.44. The van der Waals surface area contributed by atoms with E-state index in [1.807, 2.05) is 0 Å². The van der Waals surface area contributed by atoms with Crippen molar-refractivity contribution in [3.05, 3.63) is 29.8 Å². The average Bonchev–Trinajstić information content (AvgIpc) is 3.33. The highest BCUT2D eigenvalue weighted by Crippen LogP contribution is 2.41. The first-order chi connectivity index (χ1) is 11.8. The molecule has 5 heteroatoms. The minimum absolute atomic E-state index is 0.0426. The fourth-order valence-corrected chi connectivity index (χ4v) is 3.81. The van der Waals surface area contributed by atoms with Crippen LogP contribution in [-0.4, -0.2) is 33.9 Å². The van der Waals surface area contributed by atoms with E-state index in [9.17, 15) is 0 Å². The van der Waals surface area contributed by atoms with E-state index < -0.39 is 8.32 Å². The fourth-order valence-electron chi connectivity index (χ4n) is 2.78. The predicted octanol–water partition coefficient (Wildman–Crippen LogP) is 5.05. The predicted molar refractivity (Wildman–Crippen MR) is 101 cm³/mol. The number of benzene rings is 1. The van der Waals surface area contributed by atoms with Gasteiger partial charge in [0.25, 0.3) is 0 Å². The Morgan fingerprint density at radius 3 is 2.44 bits per heavy atom. The van der Waals surface area contributed by atoms with E-state index in [4.69, 9.17) is 18.6 Å². The summed E-state index contributed by atoms with van der Waals surface area (Å²) in [5, 5.41) is 0.203. The number of ether oxygens (including phenoxy) is 3. The van der Waals surface area contributed by atoms with Gasteiger partial charge < -0.3 is 18.6 Å². The van der Waals surface area contributed by atoms with Crippen LogP contribution in [0.2, 0.25) is 18.1 Å². The number of epoxide rings is 1. The molecule has 0 amide bonds. The minimum atomic E-state index is -1.79. The molecule has 2 aliphatic rings. The lowest BCUT2D eigenvalue weighted by Crippen LogP contribution is -2.43. The topological polar surface area (TPSA) is 40.2 Å². The average molecular weight is 365 g/mol. The van der Waals surface area contributed by atoms with Crippen LogP contribution in [0, 0.1) is 0 Å². The van der Waals surface area contributed by atoms with Crippen molar-refractivity contribution in [2.45, 2.75) is 76.7 Å². The van der Waals surface area contributed by atoms with Crippen molar-refractivity contribution in [1.82, 2.24) is 0 Å². The van der Waals surface area contributed by atoms with Gasteiger partial charge in [-0.25, -0.2) is 0 Å². The third-order valence-electron chi connectivity index (χ3n) is 5.55. The maximum Gasteiger partial charge on any atom is 0.250 e. The van der Waals surface area contributed by atoms with Crippen LogP contribution in [0.15, 0.2) is 24.3 Å². The van der Waals surface area contributed by atoms with E-state index >= 15 is 0 Å². The van der Waals surface area contributed by atoms with Gasteiger partial charge in [-0.1, -0.05) is 32.9 Å². The molecule has 1 unspecified atom stereocenters. The maximum atomic E-state index is 6.33. The number of hydrogen-bond acceptors (Lipinski definition) is 4. The highest BCUT2D eigenvalue weighted by atomic mass is 28.4. The lowest BCUT2D eigenvalue weighted by Gasteiger charge is -2.36. The second-order valence-electron chi connectivity index (χ2n) is 8.66. The molecule has 4 nitrogen and oxygen atoms in total. The third kappa shape index (κ3) is 4.85.